The van der Waals surface area contributed by atoms with Gasteiger partial charge in [-0.15, -0.1) is 0 Å². The van der Waals surface area contributed by atoms with Gasteiger partial charge in [0.2, 0.25) is 0 Å². The van der Waals surface area contributed by atoms with Crippen LogP contribution in [0.2, 0.25) is 0 Å². The molecule has 0 spiro atoms. The molecule has 2 unspecified atom stereocenters. The lowest BCUT2D eigenvalue weighted by Gasteiger charge is -2.15. The molecule has 2 atom stereocenters. The van der Waals surface area contributed by atoms with E-state index in [2.05, 4.69) is 0 Å². The van der Waals surface area contributed by atoms with Crippen molar-refractivity contribution in [3.8, 4) is 0 Å². The van der Waals surface area contributed by atoms with Crippen LogP contribution in [0, 0.1) is 5.82 Å². The van der Waals surface area contributed by atoms with E-state index in [1.165, 1.54) is 19.1 Å². The Morgan fingerprint density at radius 2 is 2.14 bits per heavy atom. The Morgan fingerprint density at radius 1 is 1.50 bits per heavy atom. The summed E-state index contributed by atoms with van der Waals surface area (Å²) in [6, 6.07) is 4.07. The SMILES string of the molecule is CC(F)c1c(F)cccc1C(O)CN. The van der Waals surface area contributed by atoms with E-state index in [1.807, 2.05) is 0 Å². The van der Waals surface area contributed by atoms with Crippen LogP contribution >= 0.6 is 0 Å². The highest BCUT2D eigenvalue weighted by Gasteiger charge is 2.18. The van der Waals surface area contributed by atoms with E-state index in [-0.39, 0.29) is 17.7 Å². The van der Waals surface area contributed by atoms with Gasteiger partial charge in [0.25, 0.3) is 0 Å². The lowest BCUT2D eigenvalue weighted by molar-refractivity contribution is 0.182. The maximum Gasteiger partial charge on any atom is 0.129 e. The number of rotatable bonds is 3. The largest absolute Gasteiger partial charge is 0.387 e. The number of alkyl halides is 1. The maximum absolute atomic E-state index is 13.2. The predicted molar refractivity (Wildman–Crippen MR) is 49.9 cm³/mol. The number of halogens is 2. The third kappa shape index (κ3) is 2.08. The summed E-state index contributed by atoms with van der Waals surface area (Å²) in [7, 11) is 0. The van der Waals surface area contributed by atoms with Crippen LogP contribution in [0.4, 0.5) is 8.78 Å². The molecule has 4 heteroatoms. The van der Waals surface area contributed by atoms with Gasteiger partial charge in [0, 0.05) is 12.1 Å². The van der Waals surface area contributed by atoms with Crippen molar-refractivity contribution in [3.05, 3.63) is 35.1 Å². The highest BCUT2D eigenvalue weighted by Crippen LogP contribution is 2.28. The second kappa shape index (κ2) is 4.48. The van der Waals surface area contributed by atoms with Crippen LogP contribution in [0.5, 0.6) is 0 Å². The summed E-state index contributed by atoms with van der Waals surface area (Å²) in [5, 5.41) is 9.43. The molecule has 0 aliphatic rings. The Balaban J connectivity index is 3.21. The highest BCUT2D eigenvalue weighted by atomic mass is 19.1. The van der Waals surface area contributed by atoms with Crippen molar-refractivity contribution >= 4 is 0 Å². The van der Waals surface area contributed by atoms with E-state index in [4.69, 9.17) is 5.73 Å². The van der Waals surface area contributed by atoms with Gasteiger partial charge in [-0.25, -0.2) is 8.78 Å². The molecule has 0 fully saturated rings. The maximum atomic E-state index is 13.2. The average Bonchev–Trinajstić information content (AvgIpc) is 2.15. The molecular weight excluding hydrogens is 188 g/mol. The fraction of sp³-hybridized carbons (Fsp3) is 0.400. The summed E-state index contributed by atoms with van der Waals surface area (Å²) in [4.78, 5) is 0. The lowest BCUT2D eigenvalue weighted by atomic mass is 9.99. The van der Waals surface area contributed by atoms with Crippen LogP contribution in [0.3, 0.4) is 0 Å². The number of benzene rings is 1. The molecule has 1 aromatic rings. The summed E-state index contributed by atoms with van der Waals surface area (Å²) in [6.45, 7) is 1.17. The van der Waals surface area contributed by atoms with Gasteiger partial charge in [0.05, 0.1) is 6.10 Å². The molecule has 1 rings (SSSR count). The molecule has 0 aliphatic heterocycles. The Morgan fingerprint density at radius 3 is 2.64 bits per heavy atom. The van der Waals surface area contributed by atoms with Crippen molar-refractivity contribution in [1.82, 2.24) is 0 Å². The zero-order valence-electron chi connectivity index (χ0n) is 7.87. The first kappa shape index (κ1) is 11.1. The standard InChI is InChI=1S/C10H13F2NO/c1-6(11)10-7(9(14)5-13)3-2-4-8(10)12/h2-4,6,9,14H,5,13H2,1H3. The molecule has 0 aliphatic carbocycles. The zero-order chi connectivity index (χ0) is 10.7. The van der Waals surface area contributed by atoms with Gasteiger partial charge in [-0.3, -0.25) is 0 Å². The first-order valence-electron chi connectivity index (χ1n) is 4.38. The van der Waals surface area contributed by atoms with Crippen LogP contribution in [0.15, 0.2) is 18.2 Å². The minimum Gasteiger partial charge on any atom is -0.387 e. The van der Waals surface area contributed by atoms with E-state index in [1.54, 1.807) is 0 Å². The Bertz CT molecular complexity index is 315. The fourth-order valence-electron chi connectivity index (χ4n) is 1.39. The van der Waals surface area contributed by atoms with Gasteiger partial charge >= 0.3 is 0 Å². The molecule has 14 heavy (non-hydrogen) atoms. The Labute approximate surface area is 81.4 Å². The number of nitrogens with two attached hydrogens (primary N) is 1. The molecular formula is C10H13F2NO. The van der Waals surface area contributed by atoms with E-state index >= 15 is 0 Å². The average molecular weight is 201 g/mol. The Hall–Kier alpha value is -1.00. The van der Waals surface area contributed by atoms with E-state index in [0.29, 0.717) is 0 Å². The molecule has 0 heterocycles. The number of aliphatic hydroxyl groups excluding tert-OH is 1. The molecule has 0 radical (unpaired) electrons. The number of hydrogen-bond acceptors (Lipinski definition) is 2. The summed E-state index contributed by atoms with van der Waals surface area (Å²) in [5.41, 5.74) is 5.35. The van der Waals surface area contributed by atoms with Crippen LogP contribution in [-0.4, -0.2) is 11.7 Å². The quantitative estimate of drug-likeness (QED) is 0.783. The van der Waals surface area contributed by atoms with Crippen molar-refractivity contribution in [2.24, 2.45) is 5.73 Å². The molecule has 78 valence electrons. The minimum atomic E-state index is -1.45. The van der Waals surface area contributed by atoms with Crippen molar-refractivity contribution in [3.63, 3.8) is 0 Å². The van der Waals surface area contributed by atoms with Crippen molar-refractivity contribution in [2.45, 2.75) is 19.2 Å². The molecule has 3 N–H and O–H groups in total. The van der Waals surface area contributed by atoms with Crippen molar-refractivity contribution < 1.29 is 13.9 Å². The predicted octanol–water partition coefficient (Wildman–Crippen LogP) is 1.85. The summed E-state index contributed by atoms with van der Waals surface area (Å²) in [6.07, 6.45) is -2.47. The van der Waals surface area contributed by atoms with Crippen molar-refractivity contribution in [2.75, 3.05) is 6.54 Å². The molecule has 0 saturated heterocycles. The monoisotopic (exact) mass is 201 g/mol. The third-order valence-electron chi connectivity index (χ3n) is 2.07. The second-order valence-electron chi connectivity index (χ2n) is 3.11. The summed E-state index contributed by atoms with van der Waals surface area (Å²) >= 11 is 0. The minimum absolute atomic E-state index is 0.0524. The van der Waals surface area contributed by atoms with Gasteiger partial charge < -0.3 is 10.8 Å². The second-order valence-corrected chi connectivity index (χ2v) is 3.11. The van der Waals surface area contributed by atoms with E-state index in [9.17, 15) is 13.9 Å². The van der Waals surface area contributed by atoms with Crippen LogP contribution in [0.1, 0.15) is 30.3 Å². The Kier molecular flexibility index (Phi) is 3.55. The normalized spacial score (nSPS) is 15.2. The first-order valence-corrected chi connectivity index (χ1v) is 4.38. The topological polar surface area (TPSA) is 46.2 Å². The van der Waals surface area contributed by atoms with Crippen LogP contribution in [-0.2, 0) is 0 Å². The molecule has 0 aromatic heterocycles. The summed E-state index contributed by atoms with van der Waals surface area (Å²) < 4.78 is 26.3. The van der Waals surface area contributed by atoms with Crippen molar-refractivity contribution in [1.29, 1.82) is 0 Å². The van der Waals surface area contributed by atoms with Gasteiger partial charge in [-0.2, -0.15) is 0 Å². The molecule has 0 amide bonds. The lowest BCUT2D eigenvalue weighted by Crippen LogP contribution is -2.14. The molecule has 1 aromatic carbocycles. The molecule has 0 bridgehead atoms. The van der Waals surface area contributed by atoms with Gasteiger partial charge in [0.1, 0.15) is 12.0 Å². The summed E-state index contributed by atoms with van der Waals surface area (Å²) in [5.74, 6) is -0.648. The van der Waals surface area contributed by atoms with Crippen LogP contribution < -0.4 is 5.73 Å². The van der Waals surface area contributed by atoms with Gasteiger partial charge in [-0.1, -0.05) is 12.1 Å². The van der Waals surface area contributed by atoms with E-state index in [0.717, 1.165) is 6.07 Å². The molecule has 2 nitrogen and oxygen atoms in total. The highest BCUT2D eigenvalue weighted by molar-refractivity contribution is 5.32. The van der Waals surface area contributed by atoms with Gasteiger partial charge in [-0.05, 0) is 18.6 Å². The number of aliphatic hydroxyl groups is 1. The third-order valence-corrected chi connectivity index (χ3v) is 2.07. The van der Waals surface area contributed by atoms with Crippen LogP contribution in [0.25, 0.3) is 0 Å². The fourth-order valence-corrected chi connectivity index (χ4v) is 1.39. The zero-order valence-corrected chi connectivity index (χ0v) is 7.87. The first-order chi connectivity index (χ1) is 6.57. The smallest absolute Gasteiger partial charge is 0.129 e. The van der Waals surface area contributed by atoms with E-state index < -0.39 is 18.1 Å². The molecule has 0 saturated carbocycles. The van der Waals surface area contributed by atoms with Gasteiger partial charge in [0.15, 0.2) is 0 Å². The number of hydrogen-bond donors (Lipinski definition) is 2.